The molecule has 0 aliphatic carbocycles. The third-order valence-corrected chi connectivity index (χ3v) is 2.65. The Morgan fingerprint density at radius 1 is 1.38 bits per heavy atom. The van der Waals surface area contributed by atoms with Crippen LogP contribution < -0.4 is 5.46 Å². The molecule has 0 saturated carbocycles. The number of aromatic nitrogens is 3. The molecule has 82 valence electrons. The smallest absolute Gasteiger partial charge is 0.423 e. The van der Waals surface area contributed by atoms with Gasteiger partial charge < -0.3 is 10.0 Å². The summed E-state index contributed by atoms with van der Waals surface area (Å²) in [6.45, 7) is 1.93. The zero-order valence-electron chi connectivity index (χ0n) is 8.50. The van der Waals surface area contributed by atoms with E-state index in [0.717, 1.165) is 5.56 Å². The first-order valence-corrected chi connectivity index (χ1v) is 5.40. The van der Waals surface area contributed by atoms with Crippen LogP contribution in [0.2, 0.25) is 0 Å². The Bertz CT molecular complexity index is 515. The van der Waals surface area contributed by atoms with E-state index in [4.69, 9.17) is 10.0 Å². The zero-order chi connectivity index (χ0) is 11.7. The van der Waals surface area contributed by atoms with Gasteiger partial charge in [-0.1, -0.05) is 0 Å². The van der Waals surface area contributed by atoms with Gasteiger partial charge in [0.2, 0.25) is 0 Å². The molecule has 2 aromatic rings. The van der Waals surface area contributed by atoms with Crippen molar-refractivity contribution in [1.29, 1.82) is 0 Å². The maximum absolute atomic E-state index is 8.99. The van der Waals surface area contributed by atoms with Gasteiger partial charge in [-0.25, -0.2) is 9.67 Å². The summed E-state index contributed by atoms with van der Waals surface area (Å²) in [7, 11) is -1.52. The molecular formula is C9H9BBrN3O2. The van der Waals surface area contributed by atoms with Crippen molar-refractivity contribution in [3.05, 3.63) is 34.7 Å². The second kappa shape index (κ2) is 4.36. The third kappa shape index (κ3) is 2.16. The van der Waals surface area contributed by atoms with E-state index in [9.17, 15) is 0 Å². The standard InChI is InChI=1S/C9H9BBrN3O2/c1-6-3-13-14(5-6)9-8(11)2-7(4-12-9)10(15)16/h2-5,15-16H,1H3. The van der Waals surface area contributed by atoms with Crippen molar-refractivity contribution in [3.63, 3.8) is 0 Å². The van der Waals surface area contributed by atoms with Gasteiger partial charge in [0.1, 0.15) is 0 Å². The van der Waals surface area contributed by atoms with Crippen LogP contribution in [0, 0.1) is 6.92 Å². The highest BCUT2D eigenvalue weighted by Gasteiger charge is 2.14. The summed E-state index contributed by atoms with van der Waals surface area (Å²) >= 11 is 3.32. The van der Waals surface area contributed by atoms with Gasteiger partial charge in [-0.3, -0.25) is 0 Å². The van der Waals surface area contributed by atoms with Crippen LogP contribution in [-0.4, -0.2) is 31.9 Å². The average Bonchev–Trinajstić information content (AvgIpc) is 2.64. The number of pyridine rings is 1. The average molecular weight is 282 g/mol. The molecular weight excluding hydrogens is 273 g/mol. The van der Waals surface area contributed by atoms with Crippen molar-refractivity contribution in [2.24, 2.45) is 0 Å². The van der Waals surface area contributed by atoms with Crippen LogP contribution in [0.3, 0.4) is 0 Å². The number of halogens is 1. The molecule has 0 fully saturated rings. The van der Waals surface area contributed by atoms with Gasteiger partial charge in [-0.05, 0) is 34.5 Å². The minimum absolute atomic E-state index is 0.333. The summed E-state index contributed by atoms with van der Waals surface area (Å²) in [5, 5.41) is 22.1. The highest BCUT2D eigenvalue weighted by atomic mass is 79.9. The van der Waals surface area contributed by atoms with Crippen molar-refractivity contribution in [2.75, 3.05) is 0 Å². The Kier molecular flexibility index (Phi) is 3.09. The fourth-order valence-corrected chi connectivity index (χ4v) is 1.83. The second-order valence-electron chi connectivity index (χ2n) is 3.41. The zero-order valence-corrected chi connectivity index (χ0v) is 10.1. The van der Waals surface area contributed by atoms with E-state index in [1.165, 1.54) is 6.20 Å². The fraction of sp³-hybridized carbons (Fsp3) is 0.111. The normalized spacial score (nSPS) is 10.5. The van der Waals surface area contributed by atoms with Gasteiger partial charge in [-0.15, -0.1) is 0 Å². The topological polar surface area (TPSA) is 71.2 Å². The van der Waals surface area contributed by atoms with Crippen LogP contribution in [0.15, 0.2) is 29.1 Å². The summed E-state index contributed by atoms with van der Waals surface area (Å²) in [5.74, 6) is 0.609. The van der Waals surface area contributed by atoms with E-state index < -0.39 is 7.12 Å². The largest absolute Gasteiger partial charge is 0.490 e. The van der Waals surface area contributed by atoms with Gasteiger partial charge in [-0.2, -0.15) is 5.10 Å². The molecule has 0 aliphatic rings. The molecule has 0 aliphatic heterocycles. The quantitative estimate of drug-likeness (QED) is 0.762. The monoisotopic (exact) mass is 281 g/mol. The fourth-order valence-electron chi connectivity index (χ4n) is 1.28. The van der Waals surface area contributed by atoms with Gasteiger partial charge in [0.15, 0.2) is 5.82 Å². The summed E-state index contributed by atoms with van der Waals surface area (Å²) in [5.41, 5.74) is 1.36. The molecule has 0 atom stereocenters. The molecule has 0 aromatic carbocycles. The lowest BCUT2D eigenvalue weighted by Gasteiger charge is -2.05. The molecule has 2 heterocycles. The molecule has 0 spiro atoms. The summed E-state index contributed by atoms with van der Waals surface area (Å²) in [6, 6.07) is 1.60. The van der Waals surface area contributed by atoms with Crippen LogP contribution in [0.1, 0.15) is 5.56 Å². The molecule has 16 heavy (non-hydrogen) atoms. The number of nitrogens with zero attached hydrogens (tertiary/aromatic N) is 3. The second-order valence-corrected chi connectivity index (χ2v) is 4.26. The molecule has 0 saturated heterocycles. The van der Waals surface area contributed by atoms with E-state index in [1.54, 1.807) is 16.9 Å². The van der Waals surface area contributed by atoms with E-state index in [1.807, 2.05) is 13.1 Å². The Labute approximate surface area is 101 Å². The molecule has 0 amide bonds. The highest BCUT2D eigenvalue weighted by molar-refractivity contribution is 9.10. The van der Waals surface area contributed by atoms with Crippen molar-refractivity contribution in [3.8, 4) is 5.82 Å². The molecule has 5 nitrogen and oxygen atoms in total. The molecule has 0 bridgehead atoms. The number of hydrogen-bond acceptors (Lipinski definition) is 4. The Hall–Kier alpha value is -1.18. The molecule has 0 unspecified atom stereocenters. The summed E-state index contributed by atoms with van der Waals surface area (Å²) in [4.78, 5) is 4.12. The van der Waals surface area contributed by atoms with Gasteiger partial charge in [0, 0.05) is 17.9 Å². The van der Waals surface area contributed by atoms with Crippen LogP contribution in [0.5, 0.6) is 0 Å². The van der Waals surface area contributed by atoms with Gasteiger partial charge >= 0.3 is 7.12 Å². The minimum Gasteiger partial charge on any atom is -0.423 e. The van der Waals surface area contributed by atoms with Crippen molar-refractivity contribution in [1.82, 2.24) is 14.8 Å². The Morgan fingerprint density at radius 3 is 2.62 bits per heavy atom. The predicted molar refractivity (Wildman–Crippen MR) is 63.6 cm³/mol. The van der Waals surface area contributed by atoms with Crippen molar-refractivity contribution >= 4 is 28.5 Å². The van der Waals surface area contributed by atoms with Crippen LogP contribution in [0.25, 0.3) is 5.82 Å². The van der Waals surface area contributed by atoms with E-state index in [-0.39, 0.29) is 0 Å². The Balaban J connectivity index is 2.44. The van der Waals surface area contributed by atoms with E-state index >= 15 is 0 Å². The SMILES string of the molecule is Cc1cnn(-c2ncc(B(O)O)cc2Br)c1. The number of hydrogen-bond donors (Lipinski definition) is 2. The van der Waals surface area contributed by atoms with Crippen molar-refractivity contribution in [2.45, 2.75) is 6.92 Å². The maximum atomic E-state index is 8.99. The molecule has 2 aromatic heterocycles. The molecule has 0 radical (unpaired) electrons. The van der Waals surface area contributed by atoms with Crippen LogP contribution in [-0.2, 0) is 0 Å². The first-order chi connectivity index (χ1) is 7.58. The first kappa shape index (κ1) is 11.3. The van der Waals surface area contributed by atoms with Crippen molar-refractivity contribution < 1.29 is 10.0 Å². The van der Waals surface area contributed by atoms with E-state index in [2.05, 4.69) is 26.0 Å². The predicted octanol–water partition coefficient (Wildman–Crippen LogP) is 0.0180. The van der Waals surface area contributed by atoms with E-state index in [0.29, 0.717) is 15.8 Å². The van der Waals surface area contributed by atoms with Crippen LogP contribution in [0.4, 0.5) is 0 Å². The lowest BCUT2D eigenvalue weighted by atomic mass is 9.82. The first-order valence-electron chi connectivity index (χ1n) is 4.61. The molecule has 7 heteroatoms. The number of aryl methyl sites for hydroxylation is 1. The summed E-state index contributed by atoms with van der Waals surface area (Å²) < 4.78 is 2.27. The summed E-state index contributed by atoms with van der Waals surface area (Å²) in [6.07, 6.45) is 4.97. The van der Waals surface area contributed by atoms with Crippen LogP contribution >= 0.6 is 15.9 Å². The van der Waals surface area contributed by atoms with Gasteiger partial charge in [0.05, 0.1) is 10.7 Å². The third-order valence-electron chi connectivity index (χ3n) is 2.07. The molecule has 2 rings (SSSR count). The molecule has 2 N–H and O–H groups in total. The lowest BCUT2D eigenvalue weighted by molar-refractivity contribution is 0.425. The Morgan fingerprint density at radius 2 is 2.12 bits per heavy atom. The lowest BCUT2D eigenvalue weighted by Crippen LogP contribution is -2.30. The van der Waals surface area contributed by atoms with Gasteiger partial charge in [0.25, 0.3) is 0 Å². The number of rotatable bonds is 2. The minimum atomic E-state index is -1.52. The highest BCUT2D eigenvalue weighted by Crippen LogP contribution is 2.16. The maximum Gasteiger partial charge on any atom is 0.490 e.